The molecule has 8 heteroatoms. The molecule has 0 aliphatic carbocycles. The molecular formula is C7H9F3N2O3. The zero-order valence-corrected chi connectivity index (χ0v) is 7.62. The minimum atomic E-state index is -4.44. The van der Waals surface area contributed by atoms with Crippen LogP contribution < -0.4 is 0 Å². The summed E-state index contributed by atoms with van der Waals surface area (Å²) in [6, 6.07) is 0. The first-order valence-corrected chi connectivity index (χ1v) is 4.12. The first-order valence-electron chi connectivity index (χ1n) is 4.12. The minimum absolute atomic E-state index is 0.0862. The van der Waals surface area contributed by atoms with Gasteiger partial charge in [-0.15, -0.1) is 0 Å². The molecule has 0 radical (unpaired) electrons. The molecule has 1 rings (SSSR count). The van der Waals surface area contributed by atoms with E-state index in [1.807, 2.05) is 0 Å². The first kappa shape index (κ1) is 11.6. The molecule has 1 saturated heterocycles. The SMILES string of the molecule is O=C(O)N1CCN(CC(F)(F)F)C(=O)C1. The van der Waals surface area contributed by atoms with Gasteiger partial charge < -0.3 is 10.0 Å². The van der Waals surface area contributed by atoms with Crippen molar-refractivity contribution in [1.82, 2.24) is 9.80 Å². The molecule has 2 amide bonds. The highest BCUT2D eigenvalue weighted by molar-refractivity contribution is 5.83. The van der Waals surface area contributed by atoms with Gasteiger partial charge in [0.15, 0.2) is 0 Å². The lowest BCUT2D eigenvalue weighted by Gasteiger charge is -2.33. The molecule has 1 heterocycles. The molecule has 15 heavy (non-hydrogen) atoms. The predicted octanol–water partition coefficient (Wildman–Crippen LogP) is 0.371. The van der Waals surface area contributed by atoms with E-state index in [4.69, 9.17) is 5.11 Å². The van der Waals surface area contributed by atoms with Crippen molar-refractivity contribution in [1.29, 1.82) is 0 Å². The van der Waals surface area contributed by atoms with Crippen molar-refractivity contribution in [2.45, 2.75) is 6.18 Å². The smallest absolute Gasteiger partial charge is 0.407 e. The van der Waals surface area contributed by atoms with Crippen LogP contribution >= 0.6 is 0 Å². The first-order chi connectivity index (χ1) is 6.79. The second-order valence-electron chi connectivity index (χ2n) is 3.13. The van der Waals surface area contributed by atoms with Crippen molar-refractivity contribution in [3.8, 4) is 0 Å². The fourth-order valence-corrected chi connectivity index (χ4v) is 1.26. The van der Waals surface area contributed by atoms with Crippen LogP contribution in [0.3, 0.4) is 0 Å². The maximum atomic E-state index is 11.9. The summed E-state index contributed by atoms with van der Waals surface area (Å²) >= 11 is 0. The van der Waals surface area contributed by atoms with Gasteiger partial charge in [0.25, 0.3) is 0 Å². The molecule has 0 aromatic heterocycles. The Kier molecular flexibility index (Phi) is 3.06. The van der Waals surface area contributed by atoms with Crippen LogP contribution in [-0.2, 0) is 4.79 Å². The highest BCUT2D eigenvalue weighted by Crippen LogP contribution is 2.17. The summed E-state index contributed by atoms with van der Waals surface area (Å²) in [5.74, 6) is -0.819. The summed E-state index contributed by atoms with van der Waals surface area (Å²) in [7, 11) is 0. The molecule has 1 N–H and O–H groups in total. The lowest BCUT2D eigenvalue weighted by molar-refractivity contribution is -0.164. The molecule has 0 atom stereocenters. The normalized spacial score (nSPS) is 18.2. The average Bonchev–Trinajstić information content (AvgIpc) is 2.05. The van der Waals surface area contributed by atoms with E-state index in [1.54, 1.807) is 0 Å². The Morgan fingerprint density at radius 1 is 1.40 bits per heavy atom. The largest absolute Gasteiger partial charge is 0.465 e. The summed E-state index contributed by atoms with van der Waals surface area (Å²) in [6.07, 6.45) is -5.74. The molecule has 0 saturated carbocycles. The van der Waals surface area contributed by atoms with Crippen LogP contribution in [0, 0.1) is 0 Å². The Hall–Kier alpha value is -1.47. The Morgan fingerprint density at radius 2 is 2.00 bits per heavy atom. The van der Waals surface area contributed by atoms with E-state index in [-0.39, 0.29) is 13.1 Å². The second-order valence-corrected chi connectivity index (χ2v) is 3.13. The highest BCUT2D eigenvalue weighted by Gasteiger charge is 2.36. The summed E-state index contributed by atoms with van der Waals surface area (Å²) in [4.78, 5) is 22.9. The Labute approximate surface area is 83.1 Å². The maximum Gasteiger partial charge on any atom is 0.407 e. The number of carbonyl (C=O) groups is 2. The number of nitrogens with zero attached hydrogens (tertiary/aromatic N) is 2. The summed E-state index contributed by atoms with van der Waals surface area (Å²) in [5, 5.41) is 8.51. The summed E-state index contributed by atoms with van der Waals surface area (Å²) in [5.41, 5.74) is 0. The zero-order valence-electron chi connectivity index (χ0n) is 7.62. The fourth-order valence-electron chi connectivity index (χ4n) is 1.26. The summed E-state index contributed by atoms with van der Waals surface area (Å²) in [6.45, 7) is -2.13. The van der Waals surface area contributed by atoms with E-state index in [0.29, 0.717) is 4.90 Å². The van der Waals surface area contributed by atoms with Crippen molar-refractivity contribution in [3.63, 3.8) is 0 Å². The van der Waals surface area contributed by atoms with Gasteiger partial charge in [0.05, 0.1) is 0 Å². The molecule has 1 fully saturated rings. The molecule has 1 aliphatic heterocycles. The van der Waals surface area contributed by atoms with Crippen molar-refractivity contribution in [2.24, 2.45) is 0 Å². The van der Waals surface area contributed by atoms with Crippen LogP contribution in [0.2, 0.25) is 0 Å². The Balaban J connectivity index is 2.53. The van der Waals surface area contributed by atoms with Crippen LogP contribution in [0.5, 0.6) is 0 Å². The van der Waals surface area contributed by atoms with Gasteiger partial charge >= 0.3 is 12.3 Å². The van der Waals surface area contributed by atoms with Crippen LogP contribution in [0.25, 0.3) is 0 Å². The number of hydrogen-bond acceptors (Lipinski definition) is 2. The van der Waals surface area contributed by atoms with Crippen LogP contribution in [0.1, 0.15) is 0 Å². The topological polar surface area (TPSA) is 60.9 Å². The van der Waals surface area contributed by atoms with E-state index >= 15 is 0 Å². The molecule has 0 spiro atoms. The number of halogens is 3. The van der Waals surface area contributed by atoms with Gasteiger partial charge in [-0.05, 0) is 0 Å². The number of amides is 2. The number of carbonyl (C=O) groups excluding carboxylic acids is 1. The molecule has 0 bridgehead atoms. The van der Waals surface area contributed by atoms with E-state index in [1.165, 1.54) is 0 Å². The molecular weight excluding hydrogens is 217 g/mol. The molecule has 1 aliphatic rings. The maximum absolute atomic E-state index is 11.9. The summed E-state index contributed by atoms with van der Waals surface area (Å²) < 4.78 is 35.8. The molecule has 0 unspecified atom stereocenters. The Morgan fingerprint density at radius 3 is 2.40 bits per heavy atom. The van der Waals surface area contributed by atoms with Crippen molar-refractivity contribution < 1.29 is 27.9 Å². The number of rotatable bonds is 1. The van der Waals surface area contributed by atoms with E-state index in [9.17, 15) is 22.8 Å². The van der Waals surface area contributed by atoms with Crippen molar-refractivity contribution >= 4 is 12.0 Å². The molecule has 0 aromatic carbocycles. The number of piperazine rings is 1. The predicted molar refractivity (Wildman–Crippen MR) is 42.2 cm³/mol. The van der Waals surface area contributed by atoms with Crippen molar-refractivity contribution in [2.75, 3.05) is 26.2 Å². The van der Waals surface area contributed by atoms with E-state index in [0.717, 1.165) is 4.90 Å². The van der Waals surface area contributed by atoms with Gasteiger partial charge in [0, 0.05) is 13.1 Å². The highest BCUT2D eigenvalue weighted by atomic mass is 19.4. The van der Waals surface area contributed by atoms with E-state index in [2.05, 4.69) is 0 Å². The van der Waals surface area contributed by atoms with Crippen LogP contribution in [0.4, 0.5) is 18.0 Å². The third-order valence-corrected chi connectivity index (χ3v) is 1.96. The average molecular weight is 226 g/mol. The monoisotopic (exact) mass is 226 g/mol. The fraction of sp³-hybridized carbons (Fsp3) is 0.714. The van der Waals surface area contributed by atoms with Gasteiger partial charge in [-0.2, -0.15) is 13.2 Å². The lowest BCUT2D eigenvalue weighted by Crippen LogP contribution is -2.54. The third-order valence-electron chi connectivity index (χ3n) is 1.96. The molecule has 0 aromatic rings. The third kappa shape index (κ3) is 3.30. The van der Waals surface area contributed by atoms with Gasteiger partial charge in [0.2, 0.25) is 5.91 Å². The number of alkyl halides is 3. The van der Waals surface area contributed by atoms with E-state index < -0.39 is 31.3 Å². The van der Waals surface area contributed by atoms with Gasteiger partial charge in [-0.3, -0.25) is 9.69 Å². The standard InChI is InChI=1S/C7H9F3N2O3/c8-7(9,10)4-12-2-1-11(6(14)15)3-5(12)13/h1-4H2,(H,14,15). The van der Waals surface area contributed by atoms with Crippen LogP contribution in [-0.4, -0.2) is 59.3 Å². The second kappa shape index (κ2) is 3.95. The molecule has 86 valence electrons. The van der Waals surface area contributed by atoms with Gasteiger partial charge in [0.1, 0.15) is 13.1 Å². The molecule has 5 nitrogen and oxygen atoms in total. The minimum Gasteiger partial charge on any atom is -0.465 e. The van der Waals surface area contributed by atoms with Gasteiger partial charge in [-0.25, -0.2) is 4.79 Å². The van der Waals surface area contributed by atoms with Crippen LogP contribution in [0.15, 0.2) is 0 Å². The lowest BCUT2D eigenvalue weighted by atomic mass is 10.3. The number of carboxylic acid groups (broad SMARTS) is 1. The quantitative estimate of drug-likeness (QED) is 0.702. The number of hydrogen-bond donors (Lipinski definition) is 1. The van der Waals surface area contributed by atoms with Gasteiger partial charge in [-0.1, -0.05) is 0 Å². The van der Waals surface area contributed by atoms with Crippen molar-refractivity contribution in [3.05, 3.63) is 0 Å². The zero-order chi connectivity index (χ0) is 11.6. The Bertz CT molecular complexity index is 279.